The molecule has 2 aliphatic heterocycles. The van der Waals surface area contributed by atoms with E-state index in [2.05, 4.69) is 29.6 Å². The number of aryl methyl sites for hydroxylation is 1. The van der Waals surface area contributed by atoms with Gasteiger partial charge in [-0.1, -0.05) is 36.4 Å². The van der Waals surface area contributed by atoms with Crippen molar-refractivity contribution in [3.8, 4) is 11.5 Å². The summed E-state index contributed by atoms with van der Waals surface area (Å²) in [6.07, 6.45) is 0.0663. The fourth-order valence-corrected chi connectivity index (χ4v) is 4.58. The van der Waals surface area contributed by atoms with Crippen molar-refractivity contribution < 1.29 is 24.2 Å². The number of carboxylic acids is 1. The molecule has 2 aliphatic rings. The molecule has 2 unspecified atom stereocenters. The number of amides is 1. The lowest BCUT2D eigenvalue weighted by atomic mass is 9.77. The zero-order chi connectivity index (χ0) is 23.2. The van der Waals surface area contributed by atoms with Gasteiger partial charge in [-0.2, -0.15) is 0 Å². The lowest BCUT2D eigenvalue weighted by molar-refractivity contribution is -0.138. The van der Waals surface area contributed by atoms with E-state index in [9.17, 15) is 9.59 Å². The summed E-state index contributed by atoms with van der Waals surface area (Å²) in [7, 11) is 0. The van der Waals surface area contributed by atoms with Crippen LogP contribution in [0, 0.1) is 6.92 Å². The van der Waals surface area contributed by atoms with Gasteiger partial charge in [0.2, 0.25) is 5.91 Å². The van der Waals surface area contributed by atoms with E-state index in [1.165, 1.54) is 0 Å². The van der Waals surface area contributed by atoms with Crippen LogP contribution in [0.15, 0.2) is 60.7 Å². The van der Waals surface area contributed by atoms with Crippen LogP contribution >= 0.6 is 0 Å². The van der Waals surface area contributed by atoms with Crippen molar-refractivity contribution in [2.24, 2.45) is 5.73 Å². The molecule has 0 saturated carbocycles. The Morgan fingerprint density at radius 2 is 1.79 bits per heavy atom. The second-order valence-corrected chi connectivity index (χ2v) is 8.47. The Morgan fingerprint density at radius 3 is 2.58 bits per heavy atom. The molecule has 1 amide bonds. The first kappa shape index (κ1) is 21.2. The molecule has 4 N–H and O–H groups in total. The Morgan fingerprint density at radius 1 is 1.06 bits per heavy atom. The number of carbonyl (C=O) groups excluding carboxylic acids is 1. The van der Waals surface area contributed by atoms with Gasteiger partial charge in [-0.05, 0) is 48.2 Å². The Kier molecular flexibility index (Phi) is 5.15. The molecule has 5 rings (SSSR count). The van der Waals surface area contributed by atoms with Crippen LogP contribution in [0.5, 0.6) is 11.5 Å². The number of nitrogens with one attached hydrogen (secondary N) is 1. The Bertz CT molecular complexity index is 1270. The number of nitrogens with two attached hydrogens (primary N) is 1. The zero-order valence-corrected chi connectivity index (χ0v) is 18.1. The molecular weight excluding hydrogens is 420 g/mol. The number of anilines is 1. The van der Waals surface area contributed by atoms with Crippen molar-refractivity contribution in [3.05, 3.63) is 88.5 Å². The molecule has 0 saturated heterocycles. The van der Waals surface area contributed by atoms with Crippen molar-refractivity contribution in [2.45, 2.75) is 38.0 Å². The number of ether oxygens (including phenoxy) is 2. The highest BCUT2D eigenvalue weighted by Crippen LogP contribution is 2.56. The zero-order valence-electron chi connectivity index (χ0n) is 18.1. The number of fused-ring (bicyclic) bond motifs is 6. The van der Waals surface area contributed by atoms with Gasteiger partial charge < -0.3 is 25.6 Å². The first-order valence-electron chi connectivity index (χ1n) is 10.8. The summed E-state index contributed by atoms with van der Waals surface area (Å²) in [6.45, 7) is 2.50. The number of carboxylic acid groups (broad SMARTS) is 1. The summed E-state index contributed by atoms with van der Waals surface area (Å²) < 4.78 is 12.8. The molecule has 3 aromatic carbocycles. The Labute approximate surface area is 191 Å². The molecule has 3 aromatic rings. The lowest BCUT2D eigenvalue weighted by Gasteiger charge is -2.37. The normalized spacial score (nSPS) is 18.6. The number of rotatable bonds is 5. The third-order valence-corrected chi connectivity index (χ3v) is 6.22. The highest BCUT2D eigenvalue weighted by Gasteiger charge is 2.49. The third kappa shape index (κ3) is 3.55. The number of carbonyl (C=O) groups is 2. The summed E-state index contributed by atoms with van der Waals surface area (Å²) in [5, 5.41) is 11.7. The van der Waals surface area contributed by atoms with Gasteiger partial charge in [0, 0.05) is 29.3 Å². The maximum Gasteiger partial charge on any atom is 0.320 e. The van der Waals surface area contributed by atoms with Crippen molar-refractivity contribution in [2.75, 3.05) is 5.32 Å². The van der Waals surface area contributed by atoms with Gasteiger partial charge in [0.05, 0.1) is 6.61 Å². The predicted octanol–water partition coefficient (Wildman–Crippen LogP) is 4.05. The van der Waals surface area contributed by atoms with Gasteiger partial charge >= 0.3 is 5.97 Å². The van der Waals surface area contributed by atoms with Crippen LogP contribution in [0.25, 0.3) is 0 Å². The maximum atomic E-state index is 12.3. The van der Waals surface area contributed by atoms with Crippen molar-refractivity contribution >= 4 is 17.6 Å². The van der Waals surface area contributed by atoms with Crippen LogP contribution in [-0.2, 0) is 26.5 Å². The highest BCUT2D eigenvalue weighted by molar-refractivity contribution is 5.91. The van der Waals surface area contributed by atoms with Gasteiger partial charge in [-0.3, -0.25) is 9.59 Å². The SMILES string of the molecule is Cc1ccc2c(c1)Oc1cc(NC(=O)CCC(N)C(=O)O)ccc1C21OCc2ccccc21. The summed E-state index contributed by atoms with van der Waals surface area (Å²) in [5.41, 5.74) is 10.4. The van der Waals surface area contributed by atoms with Crippen molar-refractivity contribution in [1.82, 2.24) is 0 Å². The average molecular weight is 444 g/mol. The third-order valence-electron chi connectivity index (χ3n) is 6.22. The largest absolute Gasteiger partial charge is 0.480 e. The van der Waals surface area contributed by atoms with Crippen LogP contribution in [0.2, 0.25) is 0 Å². The molecule has 7 nitrogen and oxygen atoms in total. The molecule has 0 bridgehead atoms. The molecule has 0 fully saturated rings. The first-order valence-corrected chi connectivity index (χ1v) is 10.8. The molecule has 7 heteroatoms. The van der Waals surface area contributed by atoms with Gasteiger partial charge in [0.15, 0.2) is 5.60 Å². The lowest BCUT2D eigenvalue weighted by Crippen LogP contribution is -2.32. The standard InChI is InChI=1S/C26H24N2O5/c1-15-6-8-19-22(12-15)33-23-13-17(28-24(29)11-10-21(27)25(30)31)7-9-20(23)26(19)18-5-3-2-4-16(18)14-32-26/h2-9,12-13,21H,10-11,14,27H2,1H3,(H,28,29)(H,30,31). The molecular formula is C26H24N2O5. The number of hydrogen-bond acceptors (Lipinski definition) is 5. The summed E-state index contributed by atoms with van der Waals surface area (Å²) in [5.74, 6) is -0.114. The fourth-order valence-electron chi connectivity index (χ4n) is 4.58. The summed E-state index contributed by atoms with van der Waals surface area (Å²) in [6, 6.07) is 18.7. The van der Waals surface area contributed by atoms with E-state index >= 15 is 0 Å². The van der Waals surface area contributed by atoms with Gasteiger partial charge in [0.1, 0.15) is 17.5 Å². The topological polar surface area (TPSA) is 111 Å². The van der Waals surface area contributed by atoms with E-state index in [4.69, 9.17) is 20.3 Å². The Hall–Kier alpha value is -3.68. The van der Waals surface area contributed by atoms with Gasteiger partial charge in [0.25, 0.3) is 0 Å². The van der Waals surface area contributed by atoms with E-state index < -0.39 is 17.6 Å². The van der Waals surface area contributed by atoms with E-state index in [-0.39, 0.29) is 18.7 Å². The molecule has 0 radical (unpaired) electrons. The molecule has 0 aliphatic carbocycles. The van der Waals surface area contributed by atoms with Gasteiger partial charge in [-0.15, -0.1) is 0 Å². The quantitative estimate of drug-likeness (QED) is 0.547. The number of hydrogen-bond donors (Lipinski definition) is 3. The molecule has 168 valence electrons. The molecule has 0 aromatic heterocycles. The van der Waals surface area contributed by atoms with E-state index in [0.717, 1.165) is 33.6 Å². The molecule has 33 heavy (non-hydrogen) atoms. The number of aliphatic carboxylic acids is 1. The minimum atomic E-state index is -1.12. The van der Waals surface area contributed by atoms with Crippen LogP contribution in [0.1, 0.15) is 40.7 Å². The first-order chi connectivity index (χ1) is 15.9. The van der Waals surface area contributed by atoms with E-state index in [1.807, 2.05) is 37.3 Å². The van der Waals surface area contributed by atoms with Crippen molar-refractivity contribution in [1.29, 1.82) is 0 Å². The van der Waals surface area contributed by atoms with Crippen LogP contribution in [0.4, 0.5) is 5.69 Å². The summed E-state index contributed by atoms with van der Waals surface area (Å²) in [4.78, 5) is 23.2. The van der Waals surface area contributed by atoms with Crippen LogP contribution in [-0.4, -0.2) is 23.0 Å². The average Bonchev–Trinajstić information content (AvgIpc) is 3.17. The molecule has 2 atom stereocenters. The predicted molar refractivity (Wildman–Crippen MR) is 122 cm³/mol. The van der Waals surface area contributed by atoms with Crippen molar-refractivity contribution in [3.63, 3.8) is 0 Å². The van der Waals surface area contributed by atoms with E-state index in [0.29, 0.717) is 18.0 Å². The monoisotopic (exact) mass is 444 g/mol. The van der Waals surface area contributed by atoms with Crippen LogP contribution < -0.4 is 15.8 Å². The fraction of sp³-hybridized carbons (Fsp3) is 0.231. The summed E-state index contributed by atoms with van der Waals surface area (Å²) >= 11 is 0. The highest BCUT2D eigenvalue weighted by atomic mass is 16.5. The second-order valence-electron chi connectivity index (χ2n) is 8.47. The van der Waals surface area contributed by atoms with Gasteiger partial charge in [-0.25, -0.2) is 0 Å². The minimum absolute atomic E-state index is 0.00780. The van der Waals surface area contributed by atoms with Crippen LogP contribution in [0.3, 0.4) is 0 Å². The van der Waals surface area contributed by atoms with E-state index in [1.54, 1.807) is 6.07 Å². The maximum absolute atomic E-state index is 12.3. The Balaban J connectivity index is 1.51. The minimum Gasteiger partial charge on any atom is -0.480 e. The molecule has 1 spiro atoms. The number of benzene rings is 3. The molecule has 2 heterocycles. The second kappa shape index (κ2) is 8.03. The smallest absolute Gasteiger partial charge is 0.320 e.